The zero-order valence-corrected chi connectivity index (χ0v) is 22.0. The molecule has 2 aromatic carbocycles. The molecule has 0 bridgehead atoms. The Morgan fingerprint density at radius 1 is 1.08 bits per heavy atom. The largest absolute Gasteiger partial charge is 0.492 e. The number of para-hydroxylation sites is 2. The molecule has 6 nitrogen and oxygen atoms in total. The van der Waals surface area contributed by atoms with Crippen LogP contribution in [0.15, 0.2) is 66.0 Å². The SMILES string of the molecule is Cc1c(OCCN(Cc2ccc(F)cc2)C2CCCCC2)ccnc1CS(=O)c1nc2ccccc2[nH]1. The van der Waals surface area contributed by atoms with E-state index in [2.05, 4.69) is 19.9 Å². The van der Waals surface area contributed by atoms with Crippen molar-refractivity contribution in [3.8, 4) is 5.75 Å². The number of hydrogen-bond donors (Lipinski definition) is 1. The molecule has 2 heterocycles. The summed E-state index contributed by atoms with van der Waals surface area (Å²) in [4.78, 5) is 14.6. The second-order valence-corrected chi connectivity index (χ2v) is 11.0. The monoisotopic (exact) mass is 520 g/mol. The Hall–Kier alpha value is -3.10. The molecule has 0 saturated heterocycles. The van der Waals surface area contributed by atoms with Gasteiger partial charge in [0.15, 0.2) is 5.16 Å². The fourth-order valence-corrected chi connectivity index (χ4v) is 6.12. The molecule has 4 aromatic rings. The summed E-state index contributed by atoms with van der Waals surface area (Å²) in [6.07, 6.45) is 7.89. The lowest BCUT2D eigenvalue weighted by Crippen LogP contribution is -2.39. The van der Waals surface area contributed by atoms with Gasteiger partial charge in [0.05, 0.1) is 33.3 Å². The summed E-state index contributed by atoms with van der Waals surface area (Å²) in [5.74, 6) is 0.820. The molecule has 0 aliphatic heterocycles. The van der Waals surface area contributed by atoms with Crippen LogP contribution in [0.25, 0.3) is 11.0 Å². The number of aromatic amines is 1. The Balaban J connectivity index is 1.23. The Morgan fingerprint density at radius 2 is 1.86 bits per heavy atom. The molecule has 1 N–H and O–H groups in total. The van der Waals surface area contributed by atoms with Crippen LogP contribution in [0, 0.1) is 12.7 Å². The zero-order valence-electron chi connectivity index (χ0n) is 21.2. The molecule has 1 aliphatic rings. The predicted molar refractivity (Wildman–Crippen MR) is 144 cm³/mol. The van der Waals surface area contributed by atoms with E-state index in [1.165, 1.54) is 44.2 Å². The number of benzene rings is 2. The highest BCUT2D eigenvalue weighted by Crippen LogP contribution is 2.25. The van der Waals surface area contributed by atoms with Crippen molar-refractivity contribution < 1.29 is 13.3 Å². The lowest BCUT2D eigenvalue weighted by molar-refractivity contribution is 0.123. The van der Waals surface area contributed by atoms with Crippen LogP contribution >= 0.6 is 0 Å². The third kappa shape index (κ3) is 6.43. The van der Waals surface area contributed by atoms with Gasteiger partial charge in [-0.2, -0.15) is 0 Å². The van der Waals surface area contributed by atoms with Crippen molar-refractivity contribution in [1.29, 1.82) is 0 Å². The minimum absolute atomic E-state index is 0.207. The third-order valence-electron chi connectivity index (χ3n) is 7.14. The number of nitrogens with one attached hydrogen (secondary N) is 1. The summed E-state index contributed by atoms with van der Waals surface area (Å²) in [5.41, 5.74) is 4.43. The van der Waals surface area contributed by atoms with E-state index < -0.39 is 10.8 Å². The molecule has 37 heavy (non-hydrogen) atoms. The van der Waals surface area contributed by atoms with Crippen LogP contribution in [0.5, 0.6) is 5.75 Å². The molecule has 5 rings (SSSR count). The molecule has 8 heteroatoms. The van der Waals surface area contributed by atoms with Gasteiger partial charge in [0.2, 0.25) is 0 Å². The lowest BCUT2D eigenvalue weighted by atomic mass is 9.94. The van der Waals surface area contributed by atoms with Crippen molar-refractivity contribution in [2.45, 2.75) is 62.5 Å². The number of imidazole rings is 1. The number of hydrogen-bond acceptors (Lipinski definition) is 5. The summed E-state index contributed by atoms with van der Waals surface area (Å²) in [6.45, 7) is 4.06. The highest BCUT2D eigenvalue weighted by atomic mass is 32.2. The number of nitrogens with zero attached hydrogens (tertiary/aromatic N) is 3. The van der Waals surface area contributed by atoms with Gasteiger partial charge in [-0.3, -0.25) is 14.1 Å². The van der Waals surface area contributed by atoms with E-state index in [1.807, 2.05) is 49.4 Å². The van der Waals surface area contributed by atoms with Crippen molar-refractivity contribution in [1.82, 2.24) is 19.9 Å². The summed E-state index contributed by atoms with van der Waals surface area (Å²) >= 11 is 0. The Labute approximate surface area is 219 Å². The van der Waals surface area contributed by atoms with E-state index >= 15 is 0 Å². The summed E-state index contributed by atoms with van der Waals surface area (Å²) < 4.78 is 32.7. The van der Waals surface area contributed by atoms with Gasteiger partial charge in [-0.1, -0.05) is 43.5 Å². The van der Waals surface area contributed by atoms with E-state index in [-0.39, 0.29) is 11.6 Å². The van der Waals surface area contributed by atoms with Gasteiger partial charge in [0.1, 0.15) is 18.2 Å². The summed E-state index contributed by atoms with van der Waals surface area (Å²) in [7, 11) is -1.35. The Morgan fingerprint density at radius 3 is 2.65 bits per heavy atom. The number of H-pyrrole nitrogens is 1. The van der Waals surface area contributed by atoms with Crippen molar-refractivity contribution in [2.75, 3.05) is 13.2 Å². The molecule has 0 spiro atoms. The minimum atomic E-state index is -1.35. The second kappa shape index (κ2) is 12.0. The molecule has 2 aromatic heterocycles. The molecule has 0 radical (unpaired) electrons. The van der Waals surface area contributed by atoms with Crippen LogP contribution in [-0.2, 0) is 23.1 Å². The maximum absolute atomic E-state index is 13.4. The lowest BCUT2D eigenvalue weighted by Gasteiger charge is -2.34. The van der Waals surface area contributed by atoms with Crippen LogP contribution in [0.1, 0.15) is 48.9 Å². The van der Waals surface area contributed by atoms with E-state index in [9.17, 15) is 8.60 Å². The van der Waals surface area contributed by atoms with Crippen LogP contribution in [0.4, 0.5) is 4.39 Å². The van der Waals surface area contributed by atoms with Gasteiger partial charge in [-0.15, -0.1) is 0 Å². The summed E-state index contributed by atoms with van der Waals surface area (Å²) in [6, 6.07) is 16.8. The van der Waals surface area contributed by atoms with Crippen molar-refractivity contribution in [3.05, 3.63) is 83.4 Å². The van der Waals surface area contributed by atoms with Crippen LogP contribution in [0.3, 0.4) is 0 Å². The van der Waals surface area contributed by atoms with Gasteiger partial charge in [0.25, 0.3) is 0 Å². The van der Waals surface area contributed by atoms with Crippen molar-refractivity contribution in [3.63, 3.8) is 0 Å². The maximum Gasteiger partial charge on any atom is 0.197 e. The average Bonchev–Trinajstić information content (AvgIpc) is 3.36. The van der Waals surface area contributed by atoms with Crippen LogP contribution in [-0.4, -0.2) is 43.3 Å². The number of ether oxygens (including phenoxy) is 1. The predicted octanol–water partition coefficient (Wildman–Crippen LogP) is 5.93. The molecule has 0 amide bonds. The minimum Gasteiger partial charge on any atom is -0.492 e. The number of halogens is 1. The maximum atomic E-state index is 13.4. The first-order chi connectivity index (χ1) is 18.1. The first kappa shape index (κ1) is 25.5. The normalized spacial score (nSPS) is 15.3. The smallest absolute Gasteiger partial charge is 0.197 e. The van der Waals surface area contributed by atoms with Crippen molar-refractivity contribution in [2.24, 2.45) is 0 Å². The standard InChI is InChI=1S/C29H33FN4O2S/c1-21-27(20-37(35)29-32-25-9-5-6-10-26(25)33-29)31-16-15-28(21)36-18-17-34(24-7-3-2-4-8-24)19-22-11-13-23(30)14-12-22/h5-6,9-16,24H,2-4,7-8,17-20H2,1H3,(H,32,33). The number of rotatable bonds is 10. The van der Waals surface area contributed by atoms with E-state index in [0.717, 1.165) is 46.7 Å². The van der Waals surface area contributed by atoms with Crippen molar-refractivity contribution >= 4 is 21.8 Å². The molecule has 1 fully saturated rings. The summed E-state index contributed by atoms with van der Waals surface area (Å²) in [5, 5.41) is 0.456. The van der Waals surface area contributed by atoms with Crippen LogP contribution in [0.2, 0.25) is 0 Å². The van der Waals surface area contributed by atoms with Crippen LogP contribution < -0.4 is 4.74 Å². The van der Waals surface area contributed by atoms with Gasteiger partial charge < -0.3 is 9.72 Å². The Kier molecular flexibility index (Phi) is 8.26. The topological polar surface area (TPSA) is 71.1 Å². The second-order valence-electron chi connectivity index (χ2n) is 9.67. The fourth-order valence-electron chi connectivity index (χ4n) is 5.02. The number of aromatic nitrogens is 3. The van der Waals surface area contributed by atoms with Gasteiger partial charge >= 0.3 is 0 Å². The first-order valence-corrected chi connectivity index (χ1v) is 14.3. The molecular formula is C29H33FN4O2S. The highest BCUT2D eigenvalue weighted by Gasteiger charge is 2.22. The quantitative estimate of drug-likeness (QED) is 0.281. The average molecular weight is 521 g/mol. The van der Waals surface area contributed by atoms with E-state index in [0.29, 0.717) is 17.8 Å². The molecule has 1 aliphatic carbocycles. The number of fused-ring (bicyclic) bond motifs is 1. The fraction of sp³-hybridized carbons (Fsp3) is 0.379. The first-order valence-electron chi connectivity index (χ1n) is 13.0. The zero-order chi connectivity index (χ0) is 25.6. The van der Waals surface area contributed by atoms with Gasteiger partial charge in [0, 0.05) is 30.9 Å². The highest BCUT2D eigenvalue weighted by molar-refractivity contribution is 7.84. The van der Waals surface area contributed by atoms with E-state index in [1.54, 1.807) is 6.20 Å². The Bertz CT molecular complexity index is 1320. The molecule has 1 saturated carbocycles. The molecular weight excluding hydrogens is 487 g/mol. The third-order valence-corrected chi connectivity index (χ3v) is 8.30. The van der Waals surface area contributed by atoms with E-state index in [4.69, 9.17) is 4.74 Å². The van der Waals surface area contributed by atoms with Gasteiger partial charge in [-0.25, -0.2) is 9.37 Å². The number of pyridine rings is 1. The molecule has 194 valence electrons. The molecule has 1 atom stereocenters. The van der Waals surface area contributed by atoms with Gasteiger partial charge in [-0.05, 0) is 55.7 Å². The molecule has 1 unspecified atom stereocenters.